The first-order chi connectivity index (χ1) is 11.2. The van der Waals surface area contributed by atoms with E-state index in [0.717, 1.165) is 45.9 Å². The molecular weight excluding hydrogens is 298 g/mol. The van der Waals surface area contributed by atoms with Gasteiger partial charge in [-0.2, -0.15) is 0 Å². The van der Waals surface area contributed by atoms with Crippen molar-refractivity contribution in [2.24, 2.45) is 0 Å². The fourth-order valence-corrected chi connectivity index (χ4v) is 3.09. The van der Waals surface area contributed by atoms with Crippen molar-refractivity contribution in [2.45, 2.75) is 6.10 Å². The summed E-state index contributed by atoms with van der Waals surface area (Å²) >= 11 is 0. The topological polar surface area (TPSA) is 84.9 Å². The van der Waals surface area contributed by atoms with Crippen LogP contribution < -0.4 is 0 Å². The maximum Gasteiger partial charge on any atom is 0.272 e. The van der Waals surface area contributed by atoms with Crippen molar-refractivity contribution >= 4 is 5.91 Å². The molecule has 1 atom stereocenters. The number of aromatic amines is 1. The van der Waals surface area contributed by atoms with Gasteiger partial charge in [0.2, 0.25) is 0 Å². The van der Waals surface area contributed by atoms with Gasteiger partial charge in [-0.3, -0.25) is 14.6 Å². The van der Waals surface area contributed by atoms with Crippen LogP contribution in [-0.4, -0.2) is 107 Å². The van der Waals surface area contributed by atoms with Crippen LogP contribution in [-0.2, 0) is 4.74 Å². The number of hydrogen-bond donors (Lipinski definition) is 2. The fraction of sp³-hybridized carbons (Fsp3) is 0.733. The van der Waals surface area contributed by atoms with E-state index in [9.17, 15) is 9.90 Å². The Bertz CT molecular complexity index is 489. The van der Waals surface area contributed by atoms with E-state index in [1.807, 2.05) is 0 Å². The summed E-state index contributed by atoms with van der Waals surface area (Å²) in [6.07, 6.45) is 2.50. The number of ether oxygens (including phenoxy) is 1. The lowest BCUT2D eigenvalue weighted by Crippen LogP contribution is -2.43. The summed E-state index contributed by atoms with van der Waals surface area (Å²) in [6, 6.07) is 0. The van der Waals surface area contributed by atoms with Gasteiger partial charge in [0.1, 0.15) is 5.69 Å². The number of aromatic nitrogens is 2. The Morgan fingerprint density at radius 2 is 2.00 bits per heavy atom. The summed E-state index contributed by atoms with van der Waals surface area (Å²) in [5, 5.41) is 10.2. The lowest BCUT2D eigenvalue weighted by molar-refractivity contribution is 0.0314. The predicted molar refractivity (Wildman–Crippen MR) is 84.2 cm³/mol. The van der Waals surface area contributed by atoms with Gasteiger partial charge in [-0.25, -0.2) is 4.98 Å². The monoisotopic (exact) mass is 323 g/mol. The van der Waals surface area contributed by atoms with Gasteiger partial charge in [0.15, 0.2) is 0 Å². The van der Waals surface area contributed by atoms with Crippen LogP contribution in [0.3, 0.4) is 0 Å². The number of carbonyl (C=O) groups excluding carboxylic acids is 1. The first-order valence-corrected chi connectivity index (χ1v) is 8.20. The number of hydrogen-bond acceptors (Lipinski definition) is 6. The molecule has 23 heavy (non-hydrogen) atoms. The van der Waals surface area contributed by atoms with Crippen molar-refractivity contribution in [3.8, 4) is 0 Å². The van der Waals surface area contributed by atoms with E-state index in [4.69, 9.17) is 4.74 Å². The number of H-pyrrole nitrogens is 1. The van der Waals surface area contributed by atoms with E-state index in [0.29, 0.717) is 25.3 Å². The number of nitrogens with one attached hydrogen (secondary N) is 1. The first kappa shape index (κ1) is 16.4. The van der Waals surface area contributed by atoms with Gasteiger partial charge in [0, 0.05) is 52.4 Å². The van der Waals surface area contributed by atoms with Gasteiger partial charge in [0.05, 0.1) is 31.8 Å². The van der Waals surface area contributed by atoms with Crippen LogP contribution >= 0.6 is 0 Å². The zero-order chi connectivity index (χ0) is 16.1. The standard InChI is InChI=1S/C15H25N5O3/c21-13-10-19(2-1-18-5-7-23-8-6-18)3-4-20(11-13)15(22)14-9-16-12-17-14/h9,12-13,21H,1-8,10-11H2,(H,16,17). The third-order valence-corrected chi connectivity index (χ3v) is 4.44. The zero-order valence-corrected chi connectivity index (χ0v) is 13.4. The molecule has 1 aromatic heterocycles. The van der Waals surface area contributed by atoms with E-state index in [2.05, 4.69) is 19.8 Å². The molecule has 2 saturated heterocycles. The number of amides is 1. The average Bonchev–Trinajstić information content (AvgIpc) is 3.04. The maximum absolute atomic E-state index is 12.4. The quantitative estimate of drug-likeness (QED) is 0.729. The summed E-state index contributed by atoms with van der Waals surface area (Å²) < 4.78 is 5.36. The summed E-state index contributed by atoms with van der Waals surface area (Å²) in [5.74, 6) is -0.100. The van der Waals surface area contributed by atoms with Gasteiger partial charge in [-0.05, 0) is 0 Å². The van der Waals surface area contributed by atoms with E-state index >= 15 is 0 Å². The minimum atomic E-state index is -0.519. The van der Waals surface area contributed by atoms with Gasteiger partial charge < -0.3 is 19.7 Å². The highest BCUT2D eigenvalue weighted by Gasteiger charge is 2.26. The number of morpholine rings is 1. The minimum absolute atomic E-state index is 0.100. The largest absolute Gasteiger partial charge is 0.390 e. The molecule has 128 valence electrons. The van der Waals surface area contributed by atoms with Crippen molar-refractivity contribution in [1.82, 2.24) is 24.7 Å². The molecule has 0 saturated carbocycles. The third-order valence-electron chi connectivity index (χ3n) is 4.44. The summed E-state index contributed by atoms with van der Waals surface area (Å²) in [7, 11) is 0. The molecule has 0 bridgehead atoms. The Morgan fingerprint density at radius 1 is 1.22 bits per heavy atom. The molecular formula is C15H25N5O3. The molecule has 8 nitrogen and oxygen atoms in total. The number of rotatable bonds is 4. The normalized spacial score (nSPS) is 24.6. The third kappa shape index (κ3) is 4.51. The van der Waals surface area contributed by atoms with Crippen molar-refractivity contribution in [3.05, 3.63) is 18.2 Å². The van der Waals surface area contributed by atoms with Crippen LogP contribution in [0.25, 0.3) is 0 Å². The highest BCUT2D eigenvalue weighted by Crippen LogP contribution is 2.08. The van der Waals surface area contributed by atoms with Crippen LogP contribution in [0.4, 0.5) is 0 Å². The molecule has 2 N–H and O–H groups in total. The molecule has 2 aliphatic heterocycles. The zero-order valence-electron chi connectivity index (χ0n) is 13.4. The SMILES string of the molecule is O=C(c1cnc[nH]1)N1CCN(CCN2CCOCC2)CC(O)C1. The molecule has 1 aromatic rings. The Labute approximate surface area is 136 Å². The second-order valence-corrected chi connectivity index (χ2v) is 6.12. The Kier molecular flexibility index (Phi) is 5.60. The van der Waals surface area contributed by atoms with E-state index < -0.39 is 6.10 Å². The first-order valence-electron chi connectivity index (χ1n) is 8.20. The van der Waals surface area contributed by atoms with Crippen molar-refractivity contribution in [3.63, 3.8) is 0 Å². The average molecular weight is 323 g/mol. The number of aliphatic hydroxyl groups excluding tert-OH is 1. The Hall–Kier alpha value is -1.48. The molecule has 0 radical (unpaired) electrons. The minimum Gasteiger partial charge on any atom is -0.390 e. The number of β-amino-alcohol motifs (C(OH)–C–C–N with tert-alkyl or cyclic N) is 1. The van der Waals surface area contributed by atoms with Gasteiger partial charge in [-0.15, -0.1) is 0 Å². The van der Waals surface area contributed by atoms with Crippen molar-refractivity contribution < 1.29 is 14.6 Å². The van der Waals surface area contributed by atoms with Gasteiger partial charge in [0.25, 0.3) is 5.91 Å². The van der Waals surface area contributed by atoms with E-state index in [1.54, 1.807) is 4.90 Å². The number of nitrogens with zero attached hydrogens (tertiary/aromatic N) is 4. The molecule has 1 amide bonds. The van der Waals surface area contributed by atoms with E-state index in [-0.39, 0.29) is 5.91 Å². The second kappa shape index (κ2) is 7.87. The van der Waals surface area contributed by atoms with Crippen LogP contribution in [0.2, 0.25) is 0 Å². The predicted octanol–water partition coefficient (Wildman–Crippen LogP) is -1.14. The molecule has 3 rings (SSSR count). The maximum atomic E-state index is 12.4. The van der Waals surface area contributed by atoms with Crippen LogP contribution in [0.5, 0.6) is 0 Å². The number of imidazole rings is 1. The Morgan fingerprint density at radius 3 is 2.74 bits per heavy atom. The highest BCUT2D eigenvalue weighted by atomic mass is 16.5. The van der Waals surface area contributed by atoms with Gasteiger partial charge in [-0.1, -0.05) is 0 Å². The molecule has 0 spiro atoms. The Balaban J connectivity index is 1.50. The molecule has 1 unspecified atom stereocenters. The lowest BCUT2D eigenvalue weighted by atomic mass is 10.3. The second-order valence-electron chi connectivity index (χ2n) is 6.12. The molecule has 8 heteroatoms. The summed E-state index contributed by atoms with van der Waals surface area (Å²) in [4.78, 5) is 25.4. The van der Waals surface area contributed by atoms with Gasteiger partial charge >= 0.3 is 0 Å². The smallest absolute Gasteiger partial charge is 0.272 e. The molecule has 2 aliphatic rings. The van der Waals surface area contributed by atoms with Crippen molar-refractivity contribution in [2.75, 3.05) is 65.6 Å². The summed E-state index contributed by atoms with van der Waals surface area (Å²) in [5.41, 5.74) is 0.471. The molecule has 3 heterocycles. The van der Waals surface area contributed by atoms with Crippen LogP contribution in [0.1, 0.15) is 10.5 Å². The van der Waals surface area contributed by atoms with Crippen molar-refractivity contribution in [1.29, 1.82) is 0 Å². The fourth-order valence-electron chi connectivity index (χ4n) is 3.09. The van der Waals surface area contributed by atoms with Crippen LogP contribution in [0, 0.1) is 0 Å². The van der Waals surface area contributed by atoms with E-state index in [1.165, 1.54) is 12.5 Å². The molecule has 0 aliphatic carbocycles. The highest BCUT2D eigenvalue weighted by molar-refractivity contribution is 5.92. The summed E-state index contributed by atoms with van der Waals surface area (Å²) in [6.45, 7) is 7.81. The molecule has 0 aromatic carbocycles. The molecule has 2 fully saturated rings. The number of carbonyl (C=O) groups is 1. The van der Waals surface area contributed by atoms with Crippen LogP contribution in [0.15, 0.2) is 12.5 Å². The lowest BCUT2D eigenvalue weighted by Gasteiger charge is -2.29. The number of aliphatic hydroxyl groups is 1.